The Bertz CT molecular complexity index is 1370. The molecule has 0 saturated heterocycles. The van der Waals surface area contributed by atoms with Crippen molar-refractivity contribution >= 4 is 25.3 Å². The number of ether oxygens (including phenoxy) is 1. The van der Waals surface area contributed by atoms with Crippen LogP contribution < -0.4 is 5.19 Å². The van der Waals surface area contributed by atoms with Gasteiger partial charge in [-0.1, -0.05) is 127 Å². The zero-order valence-corrected chi connectivity index (χ0v) is 34.5. The van der Waals surface area contributed by atoms with Gasteiger partial charge in [0, 0.05) is 30.2 Å². The number of Topliss-reactive ketones (excluding diaryl/α,β-unsaturated/α-hetero) is 1. The van der Waals surface area contributed by atoms with Gasteiger partial charge < -0.3 is 18.8 Å². The highest BCUT2D eigenvalue weighted by molar-refractivity contribution is 6.89. The van der Waals surface area contributed by atoms with Crippen LogP contribution in [0.5, 0.6) is 0 Å². The van der Waals surface area contributed by atoms with E-state index < -0.39 is 13.9 Å². The zero-order valence-electron chi connectivity index (χ0n) is 33.5. The quantitative estimate of drug-likeness (QED) is 0.0458. The van der Waals surface area contributed by atoms with Crippen LogP contribution in [0, 0.1) is 11.8 Å². The second-order valence-electron chi connectivity index (χ2n) is 17.5. The Morgan fingerprint density at radius 3 is 2.20 bits per heavy atom. The lowest BCUT2D eigenvalue weighted by atomic mass is 9.87. The molecule has 1 saturated carbocycles. The second-order valence-corrected chi connectivity index (χ2v) is 21.9. The van der Waals surface area contributed by atoms with Crippen LogP contribution in [0.25, 0.3) is 0 Å². The summed E-state index contributed by atoms with van der Waals surface area (Å²) in [6.45, 7) is 12.0. The molecule has 2 aromatic rings. The molecular formula is C44H70NO5Si+. The summed E-state index contributed by atoms with van der Waals surface area (Å²) in [6.07, 6.45) is 13.8. The molecule has 1 fully saturated rings. The maximum Gasteiger partial charge on any atom is 0.305 e. The van der Waals surface area contributed by atoms with Gasteiger partial charge in [-0.25, -0.2) is 0 Å². The molecule has 0 spiro atoms. The van der Waals surface area contributed by atoms with Crippen LogP contribution in [0.1, 0.15) is 116 Å². The number of nitrogens with zero attached hydrogens (tertiary/aromatic N) is 1. The van der Waals surface area contributed by atoms with Crippen LogP contribution in [0.2, 0.25) is 11.1 Å². The number of unbranched alkanes of at least 4 members (excludes halogenated alkanes) is 4. The lowest BCUT2D eigenvalue weighted by molar-refractivity contribution is -0.884. The Morgan fingerprint density at radius 1 is 0.941 bits per heavy atom. The zero-order chi connectivity index (χ0) is 37.7. The molecule has 2 unspecified atom stereocenters. The minimum Gasteiger partial charge on any atom is -0.469 e. The van der Waals surface area contributed by atoms with E-state index in [0.29, 0.717) is 25.0 Å². The largest absolute Gasteiger partial charge is 0.469 e. The van der Waals surface area contributed by atoms with Crippen molar-refractivity contribution in [2.75, 3.05) is 28.3 Å². The third kappa shape index (κ3) is 13.4. The number of rotatable bonds is 21. The number of hydrogen-bond acceptors (Lipinski definition) is 5. The van der Waals surface area contributed by atoms with Gasteiger partial charge in [-0.3, -0.25) is 9.59 Å². The molecule has 0 bridgehead atoms. The molecule has 1 aliphatic rings. The van der Waals surface area contributed by atoms with E-state index in [0.717, 1.165) is 74.9 Å². The third-order valence-corrected chi connectivity index (χ3v) is 16.2. The Labute approximate surface area is 311 Å². The van der Waals surface area contributed by atoms with Crippen molar-refractivity contribution in [3.05, 3.63) is 77.9 Å². The molecule has 7 heteroatoms. The van der Waals surface area contributed by atoms with Crippen molar-refractivity contribution in [2.45, 2.75) is 141 Å². The number of benzene rings is 2. The van der Waals surface area contributed by atoms with Gasteiger partial charge in [0.25, 0.3) is 0 Å². The Morgan fingerprint density at radius 2 is 1.59 bits per heavy atom. The first-order valence-corrected chi connectivity index (χ1v) is 21.7. The van der Waals surface area contributed by atoms with Gasteiger partial charge in [0.1, 0.15) is 12.3 Å². The van der Waals surface area contributed by atoms with Crippen molar-refractivity contribution < 1.29 is 28.3 Å². The van der Waals surface area contributed by atoms with Crippen LogP contribution >= 0.6 is 0 Å². The molecule has 1 aliphatic carbocycles. The summed E-state index contributed by atoms with van der Waals surface area (Å²) >= 11 is 0. The molecule has 284 valence electrons. The highest BCUT2D eigenvalue weighted by Crippen LogP contribution is 2.45. The number of aryl methyl sites for hydroxylation is 1. The molecule has 0 aliphatic heterocycles. The van der Waals surface area contributed by atoms with E-state index in [1.807, 2.05) is 6.92 Å². The van der Waals surface area contributed by atoms with Gasteiger partial charge in [-0.2, -0.15) is 0 Å². The molecule has 2 aromatic carbocycles. The van der Waals surface area contributed by atoms with Crippen LogP contribution in [0.4, 0.5) is 0 Å². The minimum absolute atomic E-state index is 0.0395. The molecule has 0 heterocycles. The maximum atomic E-state index is 13.9. The van der Waals surface area contributed by atoms with Crippen molar-refractivity contribution in [1.82, 2.24) is 0 Å². The topological polar surface area (TPSA) is 72.8 Å². The smallest absolute Gasteiger partial charge is 0.305 e. The summed E-state index contributed by atoms with van der Waals surface area (Å²) in [5.74, 6) is -0.0200. The van der Waals surface area contributed by atoms with Crippen LogP contribution in [-0.4, -0.2) is 69.6 Å². The maximum absolute atomic E-state index is 13.9. The number of esters is 1. The van der Waals surface area contributed by atoms with Gasteiger partial charge in [0.2, 0.25) is 8.32 Å². The predicted octanol–water partition coefficient (Wildman–Crippen LogP) is 9.08. The summed E-state index contributed by atoms with van der Waals surface area (Å²) in [5.41, 5.74) is 1.89. The average Bonchev–Trinajstić information content (AvgIpc) is 3.35. The molecule has 1 N–H and O–H groups in total. The number of ketones is 1. The number of carbonyl (C=O) groups excluding carboxylic acids is 2. The first-order valence-electron chi connectivity index (χ1n) is 19.6. The predicted molar refractivity (Wildman–Crippen MR) is 213 cm³/mol. The minimum atomic E-state index is -2.71. The SMILES string of the molecule is CCCCC(C)(O)C/C=C/[C@H]1[C@H](O[Si](CCc2ccc(C[N+](C)(C)C)cc2)(c2ccccc2)C(C)(C)C)CC(=O)[C@@H]1CCCCCCC(=O)OC. The lowest BCUT2D eigenvalue weighted by Gasteiger charge is -2.45. The van der Waals surface area contributed by atoms with E-state index in [1.165, 1.54) is 23.4 Å². The number of aliphatic hydroxyl groups is 1. The summed E-state index contributed by atoms with van der Waals surface area (Å²) in [4.78, 5) is 25.5. The van der Waals surface area contributed by atoms with E-state index in [2.05, 4.69) is 116 Å². The molecule has 51 heavy (non-hydrogen) atoms. The monoisotopic (exact) mass is 721 g/mol. The van der Waals surface area contributed by atoms with Gasteiger partial charge >= 0.3 is 5.97 Å². The van der Waals surface area contributed by atoms with E-state index in [1.54, 1.807) is 0 Å². The van der Waals surface area contributed by atoms with Gasteiger partial charge in [-0.05, 0) is 60.9 Å². The number of carbonyl (C=O) groups is 2. The van der Waals surface area contributed by atoms with E-state index in [-0.39, 0.29) is 28.9 Å². The Kier molecular flexibility index (Phi) is 16.4. The van der Waals surface area contributed by atoms with E-state index >= 15 is 0 Å². The van der Waals surface area contributed by atoms with Crippen LogP contribution in [-0.2, 0) is 31.7 Å². The van der Waals surface area contributed by atoms with Gasteiger partial charge in [0.05, 0.1) is 40.0 Å². The van der Waals surface area contributed by atoms with Crippen LogP contribution in [0.15, 0.2) is 66.7 Å². The van der Waals surface area contributed by atoms with Gasteiger partial charge in [-0.15, -0.1) is 0 Å². The van der Waals surface area contributed by atoms with Crippen LogP contribution in [0.3, 0.4) is 0 Å². The summed E-state index contributed by atoms with van der Waals surface area (Å²) in [6, 6.07) is 20.9. The second kappa shape index (κ2) is 19.5. The molecule has 0 radical (unpaired) electrons. The normalized spacial score (nSPS) is 20.7. The fourth-order valence-electron chi connectivity index (χ4n) is 7.82. The fraction of sp³-hybridized carbons (Fsp3) is 0.636. The Balaban J connectivity index is 1.92. The van der Waals surface area contributed by atoms with E-state index in [4.69, 9.17) is 9.16 Å². The molecule has 3 rings (SSSR count). The van der Waals surface area contributed by atoms with E-state index in [9.17, 15) is 14.7 Å². The van der Waals surface area contributed by atoms with Crippen molar-refractivity contribution in [2.24, 2.45) is 11.8 Å². The lowest BCUT2D eigenvalue weighted by Crippen LogP contribution is -2.60. The highest BCUT2D eigenvalue weighted by Gasteiger charge is 2.52. The fourth-order valence-corrected chi connectivity index (χ4v) is 12.5. The molecule has 0 aromatic heterocycles. The first-order chi connectivity index (χ1) is 24.0. The first kappa shape index (κ1) is 42.8. The number of methoxy groups -OCH3 is 1. The van der Waals surface area contributed by atoms with Crippen molar-refractivity contribution in [3.63, 3.8) is 0 Å². The Hall–Kier alpha value is -2.58. The summed E-state index contributed by atoms with van der Waals surface area (Å²) in [5, 5.41) is 12.3. The summed E-state index contributed by atoms with van der Waals surface area (Å²) in [7, 11) is 5.38. The number of hydrogen-bond donors (Lipinski definition) is 1. The molecule has 5 atom stereocenters. The number of quaternary nitrogens is 1. The van der Waals surface area contributed by atoms with Crippen molar-refractivity contribution in [1.29, 1.82) is 0 Å². The van der Waals surface area contributed by atoms with Gasteiger partial charge in [0.15, 0.2) is 0 Å². The molecule has 6 nitrogen and oxygen atoms in total. The average molecular weight is 721 g/mol. The standard InChI is InChI=1S/C44H70NO5Si/c1-10-11-30-44(5,48)31-19-23-39-38(22-17-12-13-18-24-42(47)49-9)40(46)33-41(39)50-51(43(2,3)4,37-20-15-14-16-21-37)32-29-35-25-27-36(28-26-35)34-45(6,7)8/h14-16,19-21,23,25-28,38-39,41,48H,10-13,17-18,22,24,29-34H2,1-9H3/q+1/b23-19+/t38-,39-,41-,44?,51?/m1/s1. The third-order valence-electron chi connectivity index (χ3n) is 10.8. The van der Waals surface area contributed by atoms with Crippen molar-refractivity contribution in [3.8, 4) is 0 Å². The summed E-state index contributed by atoms with van der Waals surface area (Å²) < 4.78 is 13.3. The molecular weight excluding hydrogens is 651 g/mol. The highest BCUT2D eigenvalue weighted by atomic mass is 28.4. The molecule has 0 amide bonds.